The molecule has 1 heterocycles. The lowest BCUT2D eigenvalue weighted by Crippen LogP contribution is -2.23. The maximum Gasteiger partial charge on any atom is 0.0587 e. The second-order valence-electron chi connectivity index (χ2n) is 3.41. The number of nitrogens with zero attached hydrogens (tertiary/aromatic N) is 2. The zero-order valence-electron chi connectivity index (χ0n) is 8.33. The summed E-state index contributed by atoms with van der Waals surface area (Å²) >= 11 is 0. The van der Waals surface area contributed by atoms with Crippen LogP contribution in [0.2, 0.25) is 0 Å². The average molecular weight is 179 g/mol. The first-order valence-electron chi connectivity index (χ1n) is 4.77. The minimum absolute atomic E-state index is 0.571. The Balaban J connectivity index is 2.13. The third kappa shape index (κ3) is 4.58. The van der Waals surface area contributed by atoms with E-state index in [4.69, 9.17) is 0 Å². The molecule has 0 aliphatic rings. The Hall–Kier alpha value is -0.960. The SMILES string of the molecule is CC(C)NCCCc1cnccn1. The van der Waals surface area contributed by atoms with Crippen LogP contribution in [0.1, 0.15) is 26.0 Å². The lowest BCUT2D eigenvalue weighted by molar-refractivity contribution is 0.568. The van der Waals surface area contributed by atoms with Gasteiger partial charge in [-0.25, -0.2) is 0 Å². The number of rotatable bonds is 5. The van der Waals surface area contributed by atoms with E-state index in [-0.39, 0.29) is 0 Å². The van der Waals surface area contributed by atoms with Crippen molar-refractivity contribution in [3.63, 3.8) is 0 Å². The molecule has 0 unspecified atom stereocenters. The third-order valence-corrected chi connectivity index (χ3v) is 1.78. The van der Waals surface area contributed by atoms with E-state index in [0.717, 1.165) is 25.1 Å². The minimum atomic E-state index is 0.571. The molecular weight excluding hydrogens is 162 g/mol. The Labute approximate surface area is 79.6 Å². The molecule has 0 aliphatic carbocycles. The van der Waals surface area contributed by atoms with Gasteiger partial charge in [0.2, 0.25) is 0 Å². The fourth-order valence-corrected chi connectivity index (χ4v) is 1.12. The second-order valence-corrected chi connectivity index (χ2v) is 3.41. The van der Waals surface area contributed by atoms with E-state index in [1.165, 1.54) is 0 Å². The van der Waals surface area contributed by atoms with Crippen LogP contribution in [0, 0.1) is 0 Å². The molecular formula is C10H17N3. The lowest BCUT2D eigenvalue weighted by Gasteiger charge is -2.06. The van der Waals surface area contributed by atoms with Gasteiger partial charge in [0.25, 0.3) is 0 Å². The zero-order chi connectivity index (χ0) is 9.52. The summed E-state index contributed by atoms with van der Waals surface area (Å²) in [6.07, 6.45) is 7.40. The third-order valence-electron chi connectivity index (χ3n) is 1.78. The highest BCUT2D eigenvalue weighted by Crippen LogP contribution is 1.95. The van der Waals surface area contributed by atoms with E-state index in [1.807, 2.05) is 6.20 Å². The van der Waals surface area contributed by atoms with E-state index < -0.39 is 0 Å². The summed E-state index contributed by atoms with van der Waals surface area (Å²) in [5.74, 6) is 0. The van der Waals surface area contributed by atoms with E-state index in [0.29, 0.717) is 6.04 Å². The van der Waals surface area contributed by atoms with Crippen molar-refractivity contribution in [3.8, 4) is 0 Å². The molecule has 0 amide bonds. The van der Waals surface area contributed by atoms with Crippen LogP contribution in [0.3, 0.4) is 0 Å². The molecule has 3 heteroatoms. The Morgan fingerprint density at radius 3 is 2.85 bits per heavy atom. The van der Waals surface area contributed by atoms with Gasteiger partial charge >= 0.3 is 0 Å². The van der Waals surface area contributed by atoms with Crippen LogP contribution in [0.5, 0.6) is 0 Å². The number of aromatic nitrogens is 2. The predicted molar refractivity (Wildman–Crippen MR) is 53.5 cm³/mol. The standard InChI is InChI=1S/C10H17N3/c1-9(2)12-5-3-4-10-8-11-6-7-13-10/h6-9,12H,3-5H2,1-2H3. The molecule has 1 aromatic heterocycles. The van der Waals surface area contributed by atoms with Gasteiger partial charge in [-0.05, 0) is 19.4 Å². The largest absolute Gasteiger partial charge is 0.315 e. The fourth-order valence-electron chi connectivity index (χ4n) is 1.12. The minimum Gasteiger partial charge on any atom is -0.315 e. The molecule has 1 rings (SSSR count). The van der Waals surface area contributed by atoms with Crippen LogP contribution < -0.4 is 5.32 Å². The molecule has 0 radical (unpaired) electrons. The number of nitrogens with one attached hydrogen (secondary N) is 1. The second kappa shape index (κ2) is 5.65. The van der Waals surface area contributed by atoms with Crippen molar-refractivity contribution in [2.45, 2.75) is 32.7 Å². The van der Waals surface area contributed by atoms with Crippen molar-refractivity contribution in [2.75, 3.05) is 6.54 Å². The van der Waals surface area contributed by atoms with Gasteiger partial charge in [-0.1, -0.05) is 13.8 Å². The first-order valence-corrected chi connectivity index (χ1v) is 4.77. The molecule has 0 bridgehead atoms. The molecule has 0 aliphatic heterocycles. The molecule has 1 aromatic rings. The number of hydrogen-bond donors (Lipinski definition) is 1. The van der Waals surface area contributed by atoms with Crippen molar-refractivity contribution < 1.29 is 0 Å². The van der Waals surface area contributed by atoms with Crippen LogP contribution in [0.15, 0.2) is 18.6 Å². The zero-order valence-corrected chi connectivity index (χ0v) is 8.33. The summed E-state index contributed by atoms with van der Waals surface area (Å²) < 4.78 is 0. The molecule has 0 saturated carbocycles. The summed E-state index contributed by atoms with van der Waals surface area (Å²) in [5.41, 5.74) is 1.08. The fraction of sp³-hybridized carbons (Fsp3) is 0.600. The molecule has 0 fully saturated rings. The summed E-state index contributed by atoms with van der Waals surface area (Å²) in [5, 5.41) is 3.37. The van der Waals surface area contributed by atoms with E-state index >= 15 is 0 Å². The molecule has 72 valence electrons. The number of aryl methyl sites for hydroxylation is 1. The number of hydrogen-bond acceptors (Lipinski definition) is 3. The van der Waals surface area contributed by atoms with Gasteiger partial charge in [-0.3, -0.25) is 9.97 Å². The topological polar surface area (TPSA) is 37.8 Å². The predicted octanol–water partition coefficient (Wildman–Crippen LogP) is 1.41. The Morgan fingerprint density at radius 2 is 2.23 bits per heavy atom. The highest BCUT2D eigenvalue weighted by Gasteiger charge is 1.94. The molecule has 0 spiro atoms. The van der Waals surface area contributed by atoms with Crippen LogP contribution in [-0.4, -0.2) is 22.6 Å². The molecule has 0 aromatic carbocycles. The smallest absolute Gasteiger partial charge is 0.0587 e. The Kier molecular flexibility index (Phi) is 4.40. The quantitative estimate of drug-likeness (QED) is 0.694. The van der Waals surface area contributed by atoms with Crippen LogP contribution in [-0.2, 0) is 6.42 Å². The molecule has 1 N–H and O–H groups in total. The highest BCUT2D eigenvalue weighted by molar-refractivity contribution is 4.94. The average Bonchev–Trinajstić information content (AvgIpc) is 2.14. The van der Waals surface area contributed by atoms with Gasteiger partial charge in [-0.15, -0.1) is 0 Å². The molecule has 0 saturated heterocycles. The van der Waals surface area contributed by atoms with Crippen molar-refractivity contribution in [1.82, 2.24) is 15.3 Å². The van der Waals surface area contributed by atoms with Gasteiger partial charge in [0.15, 0.2) is 0 Å². The van der Waals surface area contributed by atoms with Gasteiger partial charge in [0, 0.05) is 24.6 Å². The van der Waals surface area contributed by atoms with Crippen LogP contribution in [0.4, 0.5) is 0 Å². The van der Waals surface area contributed by atoms with E-state index in [1.54, 1.807) is 12.4 Å². The van der Waals surface area contributed by atoms with Gasteiger partial charge in [-0.2, -0.15) is 0 Å². The van der Waals surface area contributed by atoms with Crippen molar-refractivity contribution in [3.05, 3.63) is 24.3 Å². The normalized spacial score (nSPS) is 10.7. The van der Waals surface area contributed by atoms with Gasteiger partial charge < -0.3 is 5.32 Å². The summed E-state index contributed by atoms with van der Waals surface area (Å²) in [4.78, 5) is 8.22. The van der Waals surface area contributed by atoms with Gasteiger partial charge in [0.05, 0.1) is 5.69 Å². The first-order chi connectivity index (χ1) is 6.29. The monoisotopic (exact) mass is 179 g/mol. The Bertz CT molecular complexity index is 221. The summed E-state index contributed by atoms with van der Waals surface area (Å²) in [6.45, 7) is 5.36. The summed E-state index contributed by atoms with van der Waals surface area (Å²) in [6, 6.07) is 0.571. The van der Waals surface area contributed by atoms with E-state index in [9.17, 15) is 0 Å². The van der Waals surface area contributed by atoms with Crippen molar-refractivity contribution in [2.24, 2.45) is 0 Å². The molecule has 13 heavy (non-hydrogen) atoms. The summed E-state index contributed by atoms with van der Waals surface area (Å²) in [7, 11) is 0. The molecule has 3 nitrogen and oxygen atoms in total. The first kappa shape index (κ1) is 10.1. The van der Waals surface area contributed by atoms with Crippen molar-refractivity contribution >= 4 is 0 Å². The maximum absolute atomic E-state index is 4.21. The Morgan fingerprint density at radius 1 is 1.38 bits per heavy atom. The lowest BCUT2D eigenvalue weighted by atomic mass is 10.2. The van der Waals surface area contributed by atoms with Crippen molar-refractivity contribution in [1.29, 1.82) is 0 Å². The van der Waals surface area contributed by atoms with Gasteiger partial charge in [0.1, 0.15) is 0 Å². The molecule has 0 atom stereocenters. The highest BCUT2D eigenvalue weighted by atomic mass is 14.9. The maximum atomic E-state index is 4.21. The van der Waals surface area contributed by atoms with Crippen LogP contribution in [0.25, 0.3) is 0 Å². The van der Waals surface area contributed by atoms with E-state index in [2.05, 4.69) is 29.1 Å². The van der Waals surface area contributed by atoms with Crippen LogP contribution >= 0.6 is 0 Å².